The number of hydrogen-bond acceptors (Lipinski definition) is 2. The molecular formula is C21H22N4. The van der Waals surface area contributed by atoms with Crippen molar-refractivity contribution in [2.75, 3.05) is 7.05 Å². The average Bonchev–Trinajstić information content (AvgIpc) is 2.60. The third kappa shape index (κ3) is 3.27. The van der Waals surface area contributed by atoms with Crippen LogP contribution in [-0.2, 0) is 5.54 Å². The Balaban J connectivity index is 1.99. The largest absolute Gasteiger partial charge is 0.346 e. The molecule has 0 aliphatic carbocycles. The standard InChI is InChI=1S/C21H22N4/c1-5-7-16-8-6-9-17(10-16)18-11-19(14-23-13-18)21(3)12-15(2)25(4)20(22)24-21/h6,8-11,13-14H,2,12H2,1,3-4H3,(H2,22,24)/t21-/m0/s1. The second kappa shape index (κ2) is 6.45. The number of guanidine groups is 1. The Bertz CT molecular complexity index is 883. The summed E-state index contributed by atoms with van der Waals surface area (Å²) in [7, 11) is 1.85. The Morgan fingerprint density at radius 3 is 2.80 bits per heavy atom. The quantitative estimate of drug-likeness (QED) is 0.825. The second-order valence-electron chi connectivity index (χ2n) is 6.53. The lowest BCUT2D eigenvalue weighted by atomic mass is 9.85. The van der Waals surface area contributed by atoms with Gasteiger partial charge in [-0.1, -0.05) is 24.6 Å². The Labute approximate surface area is 149 Å². The van der Waals surface area contributed by atoms with Gasteiger partial charge in [0.15, 0.2) is 5.96 Å². The maximum Gasteiger partial charge on any atom is 0.195 e. The first kappa shape index (κ1) is 16.8. The summed E-state index contributed by atoms with van der Waals surface area (Å²) >= 11 is 0. The van der Waals surface area contributed by atoms with Gasteiger partial charge in [0.1, 0.15) is 0 Å². The van der Waals surface area contributed by atoms with E-state index in [0.717, 1.165) is 34.4 Å². The van der Waals surface area contributed by atoms with Gasteiger partial charge in [-0.2, -0.15) is 0 Å². The van der Waals surface area contributed by atoms with E-state index in [1.165, 1.54) is 0 Å². The third-order valence-electron chi connectivity index (χ3n) is 4.60. The number of pyridine rings is 1. The van der Waals surface area contributed by atoms with Crippen molar-refractivity contribution >= 4 is 5.96 Å². The average molecular weight is 330 g/mol. The van der Waals surface area contributed by atoms with E-state index < -0.39 is 5.54 Å². The summed E-state index contributed by atoms with van der Waals surface area (Å²) in [5, 5.41) is 11.4. The molecule has 4 heteroatoms. The van der Waals surface area contributed by atoms with E-state index in [1.807, 2.05) is 38.5 Å². The maximum absolute atomic E-state index is 8.14. The van der Waals surface area contributed by atoms with E-state index in [4.69, 9.17) is 5.41 Å². The van der Waals surface area contributed by atoms with Gasteiger partial charge in [0.2, 0.25) is 0 Å². The topological polar surface area (TPSA) is 52.0 Å². The Kier molecular flexibility index (Phi) is 4.33. The molecule has 1 aliphatic rings. The number of hydrogen-bond donors (Lipinski definition) is 2. The highest BCUT2D eigenvalue weighted by atomic mass is 15.3. The molecule has 1 aromatic carbocycles. The molecule has 2 heterocycles. The first-order valence-electron chi connectivity index (χ1n) is 8.20. The number of nitrogens with zero attached hydrogens (tertiary/aromatic N) is 2. The molecule has 2 N–H and O–H groups in total. The fraction of sp³-hybridized carbons (Fsp3) is 0.238. The normalized spacial score (nSPS) is 19.9. The molecule has 1 atom stereocenters. The van der Waals surface area contributed by atoms with Crippen LogP contribution >= 0.6 is 0 Å². The van der Waals surface area contributed by atoms with E-state index in [9.17, 15) is 0 Å². The second-order valence-corrected chi connectivity index (χ2v) is 6.53. The van der Waals surface area contributed by atoms with Gasteiger partial charge in [-0.3, -0.25) is 10.4 Å². The fourth-order valence-electron chi connectivity index (χ4n) is 3.07. The number of nitrogens with one attached hydrogen (secondary N) is 2. The zero-order chi connectivity index (χ0) is 18.0. The monoisotopic (exact) mass is 330 g/mol. The molecule has 3 rings (SSSR count). The van der Waals surface area contributed by atoms with Crippen molar-refractivity contribution in [1.29, 1.82) is 5.41 Å². The first-order chi connectivity index (χ1) is 11.9. The molecule has 25 heavy (non-hydrogen) atoms. The Morgan fingerprint density at radius 2 is 2.08 bits per heavy atom. The molecule has 0 saturated carbocycles. The Hall–Kier alpha value is -3.06. The Morgan fingerprint density at radius 1 is 1.28 bits per heavy atom. The van der Waals surface area contributed by atoms with Gasteiger partial charge in [0.05, 0.1) is 5.54 Å². The minimum absolute atomic E-state index is 0.351. The van der Waals surface area contributed by atoms with Crippen LogP contribution in [0.1, 0.15) is 31.4 Å². The number of rotatable bonds is 2. The van der Waals surface area contributed by atoms with Crippen molar-refractivity contribution in [2.24, 2.45) is 0 Å². The minimum Gasteiger partial charge on any atom is -0.346 e. The van der Waals surface area contributed by atoms with Crippen molar-refractivity contribution in [3.63, 3.8) is 0 Å². The molecule has 0 spiro atoms. The van der Waals surface area contributed by atoms with Gasteiger partial charge < -0.3 is 10.2 Å². The molecule has 0 radical (unpaired) electrons. The van der Waals surface area contributed by atoms with Crippen LogP contribution in [0.15, 0.2) is 55.0 Å². The molecule has 1 aliphatic heterocycles. The number of benzene rings is 1. The number of aromatic nitrogens is 1. The van der Waals surface area contributed by atoms with Crippen LogP contribution in [0.25, 0.3) is 11.1 Å². The van der Waals surface area contributed by atoms with Crippen molar-refractivity contribution in [3.8, 4) is 23.0 Å². The zero-order valence-electron chi connectivity index (χ0n) is 14.9. The summed E-state index contributed by atoms with van der Waals surface area (Å²) in [4.78, 5) is 6.21. The van der Waals surface area contributed by atoms with Crippen LogP contribution in [0.5, 0.6) is 0 Å². The van der Waals surface area contributed by atoms with Crippen LogP contribution in [0, 0.1) is 17.3 Å². The van der Waals surface area contributed by atoms with Crippen molar-refractivity contribution in [3.05, 3.63) is 66.1 Å². The highest BCUT2D eigenvalue weighted by Crippen LogP contribution is 2.33. The molecule has 1 aromatic heterocycles. The van der Waals surface area contributed by atoms with Gasteiger partial charge in [-0.15, -0.1) is 5.92 Å². The summed E-state index contributed by atoms with van der Waals surface area (Å²) in [6.45, 7) is 8.01. The smallest absolute Gasteiger partial charge is 0.195 e. The van der Waals surface area contributed by atoms with Crippen LogP contribution in [0.2, 0.25) is 0 Å². The summed E-state index contributed by atoms with van der Waals surface area (Å²) in [5.41, 5.74) is 4.67. The van der Waals surface area contributed by atoms with Crippen LogP contribution in [0.4, 0.5) is 0 Å². The summed E-state index contributed by atoms with van der Waals surface area (Å²) in [6, 6.07) is 10.3. The van der Waals surface area contributed by atoms with Gasteiger partial charge in [0.25, 0.3) is 0 Å². The lowest BCUT2D eigenvalue weighted by Crippen LogP contribution is -2.54. The van der Waals surface area contributed by atoms with Crippen LogP contribution in [-0.4, -0.2) is 22.9 Å². The van der Waals surface area contributed by atoms with E-state index in [0.29, 0.717) is 5.96 Å². The van der Waals surface area contributed by atoms with Crippen molar-refractivity contribution < 1.29 is 0 Å². The molecule has 0 bridgehead atoms. The predicted molar refractivity (Wildman–Crippen MR) is 102 cm³/mol. The zero-order valence-corrected chi connectivity index (χ0v) is 14.9. The highest BCUT2D eigenvalue weighted by Gasteiger charge is 2.35. The van der Waals surface area contributed by atoms with Crippen molar-refractivity contribution in [2.45, 2.75) is 25.8 Å². The maximum atomic E-state index is 8.14. The van der Waals surface area contributed by atoms with E-state index in [-0.39, 0.29) is 0 Å². The molecular weight excluding hydrogens is 308 g/mol. The first-order valence-corrected chi connectivity index (χ1v) is 8.20. The summed E-state index contributed by atoms with van der Waals surface area (Å²) in [6.07, 6.45) is 4.44. The molecule has 2 aromatic rings. The molecule has 0 amide bonds. The minimum atomic E-state index is -0.398. The highest BCUT2D eigenvalue weighted by molar-refractivity contribution is 5.80. The lowest BCUT2D eigenvalue weighted by molar-refractivity contribution is 0.336. The predicted octanol–water partition coefficient (Wildman–Crippen LogP) is 3.71. The summed E-state index contributed by atoms with van der Waals surface area (Å²) in [5.74, 6) is 6.37. The van der Waals surface area contributed by atoms with Gasteiger partial charge in [0, 0.05) is 42.7 Å². The van der Waals surface area contributed by atoms with Gasteiger partial charge in [-0.25, -0.2) is 0 Å². The lowest BCUT2D eigenvalue weighted by Gasteiger charge is -2.42. The van der Waals surface area contributed by atoms with Gasteiger partial charge in [-0.05, 0) is 43.2 Å². The molecule has 1 fully saturated rings. The third-order valence-corrected chi connectivity index (χ3v) is 4.60. The SMILES string of the molecule is C=C1C[C@@](C)(c2cncc(-c3cccc(C#CC)c3)c2)NC(=N)N1C. The van der Waals surface area contributed by atoms with Gasteiger partial charge >= 0.3 is 0 Å². The molecule has 1 saturated heterocycles. The van der Waals surface area contributed by atoms with Crippen molar-refractivity contribution in [1.82, 2.24) is 15.2 Å². The van der Waals surface area contributed by atoms with E-state index in [2.05, 4.69) is 53.8 Å². The molecule has 0 unspecified atom stereocenters. The molecule has 126 valence electrons. The summed E-state index contributed by atoms with van der Waals surface area (Å²) < 4.78 is 0. The molecule has 4 nitrogen and oxygen atoms in total. The van der Waals surface area contributed by atoms with E-state index >= 15 is 0 Å². The fourth-order valence-corrected chi connectivity index (χ4v) is 3.07. The van der Waals surface area contributed by atoms with Crippen LogP contribution in [0.3, 0.4) is 0 Å². The van der Waals surface area contributed by atoms with E-state index in [1.54, 1.807) is 4.90 Å². The van der Waals surface area contributed by atoms with Crippen LogP contribution < -0.4 is 5.32 Å².